The minimum atomic E-state index is -0.330. The van der Waals surface area contributed by atoms with Gasteiger partial charge >= 0.3 is 0 Å². The Morgan fingerprint density at radius 3 is 1.67 bits per heavy atom. The maximum absolute atomic E-state index is 13.8. The van der Waals surface area contributed by atoms with Gasteiger partial charge in [0, 0.05) is 13.1 Å². The van der Waals surface area contributed by atoms with E-state index in [2.05, 4.69) is 15.5 Å². The van der Waals surface area contributed by atoms with E-state index in [4.69, 9.17) is 9.47 Å². The second-order valence-corrected chi connectivity index (χ2v) is 11.4. The summed E-state index contributed by atoms with van der Waals surface area (Å²) in [6, 6.07) is 15.8. The third-order valence-corrected chi connectivity index (χ3v) is 8.62. The van der Waals surface area contributed by atoms with E-state index in [9.17, 15) is 4.79 Å². The summed E-state index contributed by atoms with van der Waals surface area (Å²) in [5.41, 5.74) is 1.98. The van der Waals surface area contributed by atoms with Crippen LogP contribution in [0.25, 0.3) is 0 Å². The van der Waals surface area contributed by atoms with Crippen LogP contribution < -0.4 is 20.1 Å². The Balaban J connectivity index is 1.19. The molecule has 0 bridgehead atoms. The standard InChI is InChI=1S/C33H49N3O3/c1-38-30-14-10-28(11-15-30)32(29-12-16-31(39-2)17-13-29)33(37)36-22-18-27(19-23-36)25-35-21-7-6-20-34-24-26-8-4-3-5-9-26/h10-17,26-27,32,34-35H,3-9,18-25H2,1-2H3. The first-order valence-corrected chi connectivity index (χ1v) is 15.2. The normalized spacial score (nSPS) is 16.9. The summed E-state index contributed by atoms with van der Waals surface area (Å²) in [5.74, 6) is 2.99. The Morgan fingerprint density at radius 2 is 1.21 bits per heavy atom. The Bertz CT molecular complexity index is 917. The topological polar surface area (TPSA) is 62.8 Å². The smallest absolute Gasteiger partial charge is 0.234 e. The van der Waals surface area contributed by atoms with Gasteiger partial charge in [0.15, 0.2) is 0 Å². The molecule has 0 radical (unpaired) electrons. The number of amides is 1. The highest BCUT2D eigenvalue weighted by Crippen LogP contribution is 2.31. The lowest BCUT2D eigenvalue weighted by atomic mass is 9.88. The van der Waals surface area contributed by atoms with Crippen LogP contribution in [0, 0.1) is 11.8 Å². The number of benzene rings is 2. The summed E-state index contributed by atoms with van der Waals surface area (Å²) in [6.45, 7) is 6.13. The van der Waals surface area contributed by atoms with E-state index in [0.717, 1.165) is 74.1 Å². The molecule has 2 aromatic rings. The first-order valence-electron chi connectivity index (χ1n) is 15.2. The van der Waals surface area contributed by atoms with Gasteiger partial charge in [0.05, 0.1) is 20.1 Å². The first kappa shape index (κ1) is 29.4. The molecule has 6 heteroatoms. The van der Waals surface area contributed by atoms with Crippen molar-refractivity contribution in [2.45, 2.75) is 63.7 Å². The number of ether oxygens (including phenoxy) is 2. The zero-order valence-corrected chi connectivity index (χ0v) is 24.1. The molecule has 1 aliphatic carbocycles. The summed E-state index contributed by atoms with van der Waals surface area (Å²) < 4.78 is 10.7. The Kier molecular flexibility index (Phi) is 12.0. The van der Waals surface area contributed by atoms with Crippen molar-refractivity contribution in [3.8, 4) is 11.5 Å². The van der Waals surface area contributed by atoms with E-state index in [0.29, 0.717) is 5.92 Å². The second kappa shape index (κ2) is 15.9. The first-order chi connectivity index (χ1) is 19.2. The van der Waals surface area contributed by atoms with E-state index < -0.39 is 0 Å². The fourth-order valence-corrected chi connectivity index (χ4v) is 6.11. The number of nitrogens with zero attached hydrogens (tertiary/aromatic N) is 1. The summed E-state index contributed by atoms with van der Waals surface area (Å²) in [7, 11) is 3.33. The number of carbonyl (C=O) groups is 1. The van der Waals surface area contributed by atoms with E-state index in [1.807, 2.05) is 48.5 Å². The van der Waals surface area contributed by atoms with Gasteiger partial charge < -0.3 is 25.0 Å². The average molecular weight is 536 g/mol. The van der Waals surface area contributed by atoms with Crippen molar-refractivity contribution in [2.75, 3.05) is 53.5 Å². The van der Waals surface area contributed by atoms with E-state index in [1.165, 1.54) is 51.5 Å². The van der Waals surface area contributed by atoms with E-state index in [1.54, 1.807) is 14.2 Å². The fraction of sp³-hybridized carbons (Fsp3) is 0.606. The molecule has 2 aromatic carbocycles. The lowest BCUT2D eigenvalue weighted by Gasteiger charge is -2.34. The molecule has 0 aromatic heterocycles. The zero-order valence-electron chi connectivity index (χ0n) is 24.1. The number of methoxy groups -OCH3 is 2. The van der Waals surface area contributed by atoms with Gasteiger partial charge in [-0.2, -0.15) is 0 Å². The summed E-state index contributed by atoms with van der Waals surface area (Å²) >= 11 is 0. The molecule has 39 heavy (non-hydrogen) atoms. The minimum absolute atomic E-state index is 0.178. The maximum Gasteiger partial charge on any atom is 0.234 e. The number of hydrogen-bond acceptors (Lipinski definition) is 5. The molecule has 4 rings (SSSR count). The van der Waals surface area contributed by atoms with Gasteiger partial charge in [-0.05, 0) is 112 Å². The third kappa shape index (κ3) is 8.97. The maximum atomic E-state index is 13.8. The van der Waals surface area contributed by atoms with Gasteiger partial charge in [-0.25, -0.2) is 0 Å². The highest BCUT2D eigenvalue weighted by molar-refractivity contribution is 5.87. The number of rotatable bonds is 14. The average Bonchev–Trinajstić information content (AvgIpc) is 3.00. The number of piperidine rings is 1. The van der Waals surface area contributed by atoms with Gasteiger partial charge in [0.25, 0.3) is 0 Å². The van der Waals surface area contributed by atoms with Gasteiger partial charge in [-0.15, -0.1) is 0 Å². The van der Waals surface area contributed by atoms with Crippen molar-refractivity contribution in [3.63, 3.8) is 0 Å². The van der Waals surface area contributed by atoms with Gasteiger partial charge in [-0.3, -0.25) is 4.79 Å². The van der Waals surface area contributed by atoms with Crippen LogP contribution in [-0.4, -0.2) is 64.3 Å². The molecule has 2 aliphatic rings. The van der Waals surface area contributed by atoms with Crippen molar-refractivity contribution >= 4 is 5.91 Å². The Labute approximate surface area is 235 Å². The quantitative estimate of drug-likeness (QED) is 0.308. The van der Waals surface area contributed by atoms with Gasteiger partial charge in [0.2, 0.25) is 5.91 Å². The number of unbranched alkanes of at least 4 members (excludes halogenated alkanes) is 1. The second-order valence-electron chi connectivity index (χ2n) is 11.4. The minimum Gasteiger partial charge on any atom is -0.497 e. The van der Waals surface area contributed by atoms with Crippen LogP contribution in [0.15, 0.2) is 48.5 Å². The molecule has 1 saturated heterocycles. The molecule has 0 unspecified atom stereocenters. The number of hydrogen-bond donors (Lipinski definition) is 2. The molecule has 0 spiro atoms. The molecule has 1 heterocycles. The molecule has 1 saturated carbocycles. The predicted molar refractivity (Wildman–Crippen MR) is 159 cm³/mol. The van der Waals surface area contributed by atoms with Crippen LogP contribution in [0.2, 0.25) is 0 Å². The Hall–Kier alpha value is -2.57. The Morgan fingerprint density at radius 1 is 0.744 bits per heavy atom. The van der Waals surface area contributed by atoms with E-state index >= 15 is 0 Å². The predicted octanol–water partition coefficient (Wildman–Crippen LogP) is 5.61. The van der Waals surface area contributed by atoms with Crippen LogP contribution in [0.3, 0.4) is 0 Å². The SMILES string of the molecule is COc1ccc(C(C(=O)N2CCC(CNCCCCNCC3CCCCC3)CC2)c2ccc(OC)cc2)cc1. The number of nitrogens with one attached hydrogen (secondary N) is 2. The van der Waals surface area contributed by atoms with Crippen LogP contribution >= 0.6 is 0 Å². The summed E-state index contributed by atoms with van der Waals surface area (Å²) in [5, 5.41) is 7.36. The fourth-order valence-electron chi connectivity index (χ4n) is 6.11. The monoisotopic (exact) mass is 535 g/mol. The van der Waals surface area contributed by atoms with Crippen molar-refractivity contribution in [1.29, 1.82) is 0 Å². The summed E-state index contributed by atoms with van der Waals surface area (Å²) in [4.78, 5) is 15.9. The van der Waals surface area contributed by atoms with Crippen molar-refractivity contribution in [3.05, 3.63) is 59.7 Å². The number of likely N-dealkylation sites (tertiary alicyclic amines) is 1. The van der Waals surface area contributed by atoms with Crippen molar-refractivity contribution in [1.82, 2.24) is 15.5 Å². The molecule has 1 amide bonds. The van der Waals surface area contributed by atoms with Crippen LogP contribution in [0.4, 0.5) is 0 Å². The van der Waals surface area contributed by atoms with Gasteiger partial charge in [0.1, 0.15) is 11.5 Å². The molecular formula is C33H49N3O3. The van der Waals surface area contributed by atoms with Crippen molar-refractivity contribution < 1.29 is 14.3 Å². The van der Waals surface area contributed by atoms with Crippen LogP contribution in [0.1, 0.15) is 74.8 Å². The molecule has 6 nitrogen and oxygen atoms in total. The van der Waals surface area contributed by atoms with Crippen LogP contribution in [-0.2, 0) is 4.79 Å². The van der Waals surface area contributed by atoms with E-state index in [-0.39, 0.29) is 11.8 Å². The molecular weight excluding hydrogens is 486 g/mol. The lowest BCUT2D eigenvalue weighted by Crippen LogP contribution is -2.43. The van der Waals surface area contributed by atoms with Crippen LogP contribution in [0.5, 0.6) is 11.5 Å². The number of carbonyl (C=O) groups excluding carboxylic acids is 1. The molecule has 214 valence electrons. The lowest BCUT2D eigenvalue weighted by molar-refractivity contribution is -0.133. The summed E-state index contributed by atoms with van der Waals surface area (Å²) in [6.07, 6.45) is 11.7. The highest BCUT2D eigenvalue weighted by atomic mass is 16.5. The zero-order chi connectivity index (χ0) is 27.3. The molecule has 1 aliphatic heterocycles. The van der Waals surface area contributed by atoms with Crippen molar-refractivity contribution in [2.24, 2.45) is 11.8 Å². The molecule has 0 atom stereocenters. The molecule has 2 N–H and O–H groups in total. The highest BCUT2D eigenvalue weighted by Gasteiger charge is 2.30. The largest absolute Gasteiger partial charge is 0.497 e. The third-order valence-electron chi connectivity index (χ3n) is 8.62. The van der Waals surface area contributed by atoms with Gasteiger partial charge in [-0.1, -0.05) is 43.5 Å². The molecule has 2 fully saturated rings.